The van der Waals surface area contributed by atoms with Crippen LogP contribution in [0.3, 0.4) is 0 Å². The molecule has 0 unspecified atom stereocenters. The third-order valence-electron chi connectivity index (χ3n) is 4.45. The quantitative estimate of drug-likeness (QED) is 0.680. The smallest absolute Gasteiger partial charge is 0.165 e. The van der Waals surface area contributed by atoms with E-state index in [1.165, 1.54) is 0 Å². The largest absolute Gasteiger partial charge is 0.507 e. The van der Waals surface area contributed by atoms with E-state index < -0.39 is 0 Å². The lowest BCUT2D eigenvalue weighted by molar-refractivity contribution is 0.415. The van der Waals surface area contributed by atoms with Crippen molar-refractivity contribution in [2.24, 2.45) is 0 Å². The van der Waals surface area contributed by atoms with Crippen molar-refractivity contribution in [3.05, 3.63) is 42.5 Å². The Morgan fingerprint density at radius 2 is 2.08 bits per heavy atom. The van der Waals surface area contributed by atoms with Gasteiger partial charge < -0.3 is 20.5 Å². The van der Waals surface area contributed by atoms with E-state index in [-0.39, 0.29) is 5.75 Å². The number of aromatic nitrogens is 2. The van der Waals surface area contributed by atoms with Crippen LogP contribution in [-0.4, -0.2) is 41.3 Å². The zero-order valence-corrected chi connectivity index (χ0v) is 14.0. The summed E-state index contributed by atoms with van der Waals surface area (Å²) in [6.45, 7) is 1.91. The van der Waals surface area contributed by atoms with Crippen LogP contribution in [-0.2, 0) is 0 Å². The number of phenols is 1. The number of anilines is 1. The van der Waals surface area contributed by atoms with Crippen molar-refractivity contribution in [3.8, 4) is 22.9 Å². The van der Waals surface area contributed by atoms with Gasteiger partial charge in [0.2, 0.25) is 0 Å². The van der Waals surface area contributed by atoms with Gasteiger partial charge in [-0.2, -0.15) is 0 Å². The lowest BCUT2D eigenvalue weighted by atomic mass is 10.1. The van der Waals surface area contributed by atoms with Gasteiger partial charge in [-0.15, -0.1) is 0 Å². The highest BCUT2D eigenvalue weighted by Crippen LogP contribution is 2.31. The van der Waals surface area contributed by atoms with Crippen LogP contribution in [0.25, 0.3) is 22.3 Å². The molecule has 1 aromatic heterocycles. The molecule has 3 aromatic rings. The topological polar surface area (TPSA) is 79.3 Å². The number of fused-ring (bicyclic) bond motifs is 1. The van der Waals surface area contributed by atoms with E-state index >= 15 is 0 Å². The van der Waals surface area contributed by atoms with Crippen molar-refractivity contribution in [1.29, 1.82) is 0 Å². The molecule has 6 nitrogen and oxygen atoms in total. The minimum absolute atomic E-state index is 0.165. The molecule has 128 valence electrons. The molecular weight excluding hydrogens is 316 g/mol. The minimum Gasteiger partial charge on any atom is -0.507 e. The summed E-state index contributed by atoms with van der Waals surface area (Å²) < 4.78 is 5.32. The summed E-state index contributed by atoms with van der Waals surface area (Å²) in [6.07, 6.45) is 1.05. The van der Waals surface area contributed by atoms with Gasteiger partial charge in [-0.25, -0.2) is 9.97 Å². The second kappa shape index (κ2) is 6.57. The van der Waals surface area contributed by atoms with Crippen molar-refractivity contribution in [2.45, 2.75) is 12.5 Å². The molecule has 1 fully saturated rings. The number of benzene rings is 2. The molecule has 6 heteroatoms. The summed E-state index contributed by atoms with van der Waals surface area (Å²) in [6, 6.07) is 13.2. The fraction of sp³-hybridized carbons (Fsp3) is 0.263. The number of nitrogens with zero attached hydrogens (tertiary/aromatic N) is 2. The molecule has 1 atom stereocenters. The molecule has 3 N–H and O–H groups in total. The Kier molecular flexibility index (Phi) is 4.11. The monoisotopic (exact) mass is 336 g/mol. The van der Waals surface area contributed by atoms with Gasteiger partial charge in [-0.05, 0) is 37.2 Å². The number of rotatable bonds is 4. The third-order valence-corrected chi connectivity index (χ3v) is 4.45. The van der Waals surface area contributed by atoms with Crippen LogP contribution in [0, 0.1) is 0 Å². The Bertz CT molecular complexity index is 907. The molecule has 0 spiro atoms. The summed E-state index contributed by atoms with van der Waals surface area (Å²) in [5.41, 5.74) is 1.39. The van der Waals surface area contributed by atoms with Gasteiger partial charge in [-0.1, -0.05) is 12.1 Å². The third kappa shape index (κ3) is 3.08. The zero-order chi connectivity index (χ0) is 17.2. The number of methoxy groups -OCH3 is 1. The van der Waals surface area contributed by atoms with E-state index in [9.17, 15) is 5.11 Å². The second-order valence-corrected chi connectivity index (χ2v) is 6.13. The number of para-hydroxylation sites is 1. The van der Waals surface area contributed by atoms with Crippen molar-refractivity contribution < 1.29 is 9.84 Å². The molecule has 0 aliphatic carbocycles. The summed E-state index contributed by atoms with van der Waals surface area (Å²) >= 11 is 0. The van der Waals surface area contributed by atoms with Gasteiger partial charge in [0.05, 0.1) is 18.2 Å². The summed E-state index contributed by atoms with van der Waals surface area (Å²) in [5, 5.41) is 18.0. The predicted octanol–water partition coefficient (Wildman–Crippen LogP) is 2.78. The Balaban J connectivity index is 1.86. The molecule has 0 amide bonds. The first-order chi connectivity index (χ1) is 12.2. The average Bonchev–Trinajstić information content (AvgIpc) is 3.14. The van der Waals surface area contributed by atoms with E-state index in [1.54, 1.807) is 19.2 Å². The standard InChI is InChI=1S/C19H20N4O2/c1-25-13-6-7-14-16(10-13)22-19(15-4-2-3-5-17(15)24)23-18(14)21-12-8-9-20-11-12/h2-7,10,12,20,24H,8-9,11H2,1H3,(H,21,22,23)/t12-/m0/s1. The fourth-order valence-corrected chi connectivity index (χ4v) is 3.10. The molecule has 1 aliphatic heterocycles. The van der Waals surface area contributed by atoms with E-state index in [4.69, 9.17) is 9.72 Å². The number of hydrogen-bond donors (Lipinski definition) is 3. The molecule has 0 bridgehead atoms. The number of nitrogens with one attached hydrogen (secondary N) is 2. The first-order valence-electron chi connectivity index (χ1n) is 8.36. The van der Waals surface area contributed by atoms with E-state index in [1.807, 2.05) is 30.3 Å². The molecule has 2 heterocycles. The van der Waals surface area contributed by atoms with Gasteiger partial charge in [0, 0.05) is 24.0 Å². The highest BCUT2D eigenvalue weighted by Gasteiger charge is 2.18. The van der Waals surface area contributed by atoms with Crippen LogP contribution >= 0.6 is 0 Å². The second-order valence-electron chi connectivity index (χ2n) is 6.13. The maximum Gasteiger partial charge on any atom is 0.165 e. The van der Waals surface area contributed by atoms with Gasteiger partial charge >= 0.3 is 0 Å². The van der Waals surface area contributed by atoms with E-state index in [0.29, 0.717) is 17.4 Å². The molecule has 0 saturated carbocycles. The van der Waals surface area contributed by atoms with Crippen LogP contribution in [0.1, 0.15) is 6.42 Å². The number of hydrogen-bond acceptors (Lipinski definition) is 6. The Morgan fingerprint density at radius 1 is 1.20 bits per heavy atom. The molecular formula is C19H20N4O2. The Morgan fingerprint density at radius 3 is 2.84 bits per heavy atom. The molecule has 1 aliphatic rings. The van der Waals surface area contributed by atoms with Gasteiger partial charge in [0.1, 0.15) is 17.3 Å². The number of phenolic OH excluding ortho intramolecular Hbond substituents is 1. The van der Waals surface area contributed by atoms with Gasteiger partial charge in [0.15, 0.2) is 5.82 Å². The molecule has 2 aromatic carbocycles. The zero-order valence-electron chi connectivity index (χ0n) is 14.0. The molecule has 25 heavy (non-hydrogen) atoms. The highest BCUT2D eigenvalue weighted by molar-refractivity contribution is 5.92. The lowest BCUT2D eigenvalue weighted by Crippen LogP contribution is -2.23. The highest BCUT2D eigenvalue weighted by atomic mass is 16.5. The number of ether oxygens (including phenoxy) is 1. The van der Waals surface area contributed by atoms with Crippen molar-refractivity contribution in [3.63, 3.8) is 0 Å². The van der Waals surface area contributed by atoms with Crippen LogP contribution in [0.4, 0.5) is 5.82 Å². The van der Waals surface area contributed by atoms with E-state index in [0.717, 1.165) is 42.0 Å². The summed E-state index contributed by atoms with van der Waals surface area (Å²) in [4.78, 5) is 9.34. The Hall–Kier alpha value is -2.86. The van der Waals surface area contributed by atoms with Gasteiger partial charge in [0.25, 0.3) is 0 Å². The van der Waals surface area contributed by atoms with Gasteiger partial charge in [-0.3, -0.25) is 0 Å². The summed E-state index contributed by atoms with van der Waals surface area (Å²) in [7, 11) is 1.63. The van der Waals surface area contributed by atoms with E-state index in [2.05, 4.69) is 15.6 Å². The summed E-state index contributed by atoms with van der Waals surface area (Å²) in [5.74, 6) is 2.17. The number of aromatic hydroxyl groups is 1. The predicted molar refractivity (Wildman–Crippen MR) is 98.1 cm³/mol. The van der Waals surface area contributed by atoms with Crippen LogP contribution in [0.2, 0.25) is 0 Å². The lowest BCUT2D eigenvalue weighted by Gasteiger charge is -2.16. The van der Waals surface area contributed by atoms with Crippen LogP contribution < -0.4 is 15.4 Å². The first-order valence-corrected chi connectivity index (χ1v) is 8.36. The fourth-order valence-electron chi connectivity index (χ4n) is 3.10. The first kappa shape index (κ1) is 15.7. The Labute approximate surface area is 145 Å². The SMILES string of the molecule is COc1ccc2c(N[C@H]3CCNC3)nc(-c3ccccc3O)nc2c1. The maximum atomic E-state index is 10.2. The normalized spacial score (nSPS) is 16.9. The molecule has 4 rings (SSSR count). The molecule has 0 radical (unpaired) electrons. The average molecular weight is 336 g/mol. The molecule has 1 saturated heterocycles. The minimum atomic E-state index is 0.165. The van der Waals surface area contributed by atoms with Crippen molar-refractivity contribution >= 4 is 16.7 Å². The van der Waals surface area contributed by atoms with Crippen molar-refractivity contribution in [2.75, 3.05) is 25.5 Å². The van der Waals surface area contributed by atoms with Crippen LogP contribution in [0.15, 0.2) is 42.5 Å². The van der Waals surface area contributed by atoms with Crippen LogP contribution in [0.5, 0.6) is 11.5 Å². The van der Waals surface area contributed by atoms with Crippen molar-refractivity contribution in [1.82, 2.24) is 15.3 Å². The maximum absolute atomic E-state index is 10.2.